The maximum absolute atomic E-state index is 11.9. The van der Waals surface area contributed by atoms with Crippen molar-refractivity contribution >= 4 is 17.6 Å². The molecule has 0 radical (unpaired) electrons. The Morgan fingerprint density at radius 1 is 1.14 bits per heavy atom. The summed E-state index contributed by atoms with van der Waals surface area (Å²) in [5.74, 6) is 0.771. The molecule has 1 unspecified atom stereocenters. The van der Waals surface area contributed by atoms with Gasteiger partial charge in [0, 0.05) is 52.5 Å². The number of piperidine rings is 1. The molecule has 28 heavy (non-hydrogen) atoms. The van der Waals surface area contributed by atoms with Gasteiger partial charge in [-0.3, -0.25) is 4.79 Å². The zero-order valence-corrected chi connectivity index (χ0v) is 18.2. The van der Waals surface area contributed by atoms with Crippen LogP contribution in [-0.2, 0) is 11.3 Å². The molecule has 2 rings (SSSR count). The van der Waals surface area contributed by atoms with Gasteiger partial charge in [-0.05, 0) is 50.3 Å². The first-order valence-corrected chi connectivity index (χ1v) is 10.5. The number of rotatable bonds is 7. The Balaban J connectivity index is 2.03. The number of likely N-dealkylation sites (N-methyl/N-ethyl adjacent to an activating group) is 1. The Bertz CT molecular complexity index is 635. The minimum absolute atomic E-state index is 0.00253. The van der Waals surface area contributed by atoms with Gasteiger partial charge in [-0.15, -0.1) is 0 Å². The van der Waals surface area contributed by atoms with Gasteiger partial charge in [-0.1, -0.05) is 19.1 Å². The predicted octanol–water partition coefficient (Wildman–Crippen LogP) is 2.94. The lowest BCUT2D eigenvalue weighted by Gasteiger charge is -2.29. The smallest absolute Gasteiger partial charge is 0.243 e. The predicted molar refractivity (Wildman–Crippen MR) is 118 cm³/mol. The van der Waals surface area contributed by atoms with E-state index in [0.29, 0.717) is 6.04 Å². The summed E-state index contributed by atoms with van der Waals surface area (Å²) in [6, 6.07) is 9.15. The topological polar surface area (TPSA) is 51.2 Å². The molecule has 1 atom stereocenters. The van der Waals surface area contributed by atoms with E-state index in [4.69, 9.17) is 0 Å². The van der Waals surface area contributed by atoms with Crippen molar-refractivity contribution < 1.29 is 4.79 Å². The first-order valence-electron chi connectivity index (χ1n) is 10.5. The van der Waals surface area contributed by atoms with E-state index in [9.17, 15) is 4.79 Å². The number of nitrogens with zero attached hydrogens (tertiary/aromatic N) is 4. The zero-order chi connectivity index (χ0) is 20.5. The summed E-state index contributed by atoms with van der Waals surface area (Å²) in [5.41, 5.74) is 2.55. The Labute approximate surface area is 170 Å². The third-order valence-electron chi connectivity index (χ3n) is 5.29. The molecule has 0 aromatic heterocycles. The Morgan fingerprint density at radius 2 is 1.79 bits per heavy atom. The van der Waals surface area contributed by atoms with E-state index < -0.39 is 0 Å². The number of amides is 1. The van der Waals surface area contributed by atoms with Gasteiger partial charge in [0.2, 0.25) is 5.91 Å². The quantitative estimate of drug-likeness (QED) is 0.577. The van der Waals surface area contributed by atoms with E-state index in [1.807, 2.05) is 7.05 Å². The van der Waals surface area contributed by atoms with Gasteiger partial charge in [-0.25, -0.2) is 4.99 Å². The second kappa shape index (κ2) is 10.9. The summed E-state index contributed by atoms with van der Waals surface area (Å²) in [4.78, 5) is 22.6. The lowest BCUT2D eigenvalue weighted by Crippen LogP contribution is -2.43. The van der Waals surface area contributed by atoms with Crippen LogP contribution in [0, 0.1) is 0 Å². The molecule has 1 heterocycles. The molecule has 1 fully saturated rings. The van der Waals surface area contributed by atoms with E-state index in [1.54, 1.807) is 19.0 Å². The van der Waals surface area contributed by atoms with Crippen molar-refractivity contribution in [1.82, 2.24) is 15.1 Å². The Hall–Kier alpha value is -2.24. The lowest BCUT2D eigenvalue weighted by molar-refractivity contribution is -0.127. The highest BCUT2D eigenvalue weighted by atomic mass is 16.2. The number of hydrogen-bond acceptors (Lipinski definition) is 3. The van der Waals surface area contributed by atoms with Crippen LogP contribution in [0.15, 0.2) is 29.3 Å². The number of anilines is 1. The molecule has 1 aliphatic heterocycles. The number of benzene rings is 1. The van der Waals surface area contributed by atoms with Crippen molar-refractivity contribution in [3.05, 3.63) is 29.8 Å². The Kier molecular flexibility index (Phi) is 8.61. The van der Waals surface area contributed by atoms with E-state index in [1.165, 1.54) is 30.5 Å². The maximum Gasteiger partial charge on any atom is 0.243 e. The molecule has 1 saturated heterocycles. The third-order valence-corrected chi connectivity index (χ3v) is 5.29. The summed E-state index contributed by atoms with van der Waals surface area (Å²) in [7, 11) is 5.54. The van der Waals surface area contributed by atoms with E-state index in [0.717, 1.165) is 32.0 Å². The minimum Gasteiger partial charge on any atom is -0.372 e. The van der Waals surface area contributed by atoms with Gasteiger partial charge in [0.05, 0.1) is 0 Å². The summed E-state index contributed by atoms with van der Waals surface area (Å²) in [6.07, 6.45) is 4.93. The largest absolute Gasteiger partial charge is 0.372 e. The molecule has 0 aliphatic carbocycles. The molecule has 0 spiro atoms. The first-order chi connectivity index (χ1) is 13.4. The number of carbonyl (C=O) groups excluding carboxylic acids is 1. The van der Waals surface area contributed by atoms with Crippen molar-refractivity contribution in [2.24, 2.45) is 4.99 Å². The van der Waals surface area contributed by atoms with Crippen molar-refractivity contribution in [1.29, 1.82) is 0 Å². The standard InChI is InChI=1S/C22H37N5O/c1-6-18(2)24-22(23-16-21(28)25(3)4)26(5)17-19-10-12-20(13-11-19)27-14-8-7-9-15-27/h10-13,18H,6-9,14-17H2,1-5H3,(H,23,24). The fraction of sp³-hybridized carbons (Fsp3) is 0.636. The highest BCUT2D eigenvalue weighted by Gasteiger charge is 2.13. The van der Waals surface area contributed by atoms with Gasteiger partial charge in [0.1, 0.15) is 6.54 Å². The van der Waals surface area contributed by atoms with Gasteiger partial charge < -0.3 is 20.0 Å². The van der Waals surface area contributed by atoms with Crippen LogP contribution in [0.5, 0.6) is 0 Å². The summed E-state index contributed by atoms with van der Waals surface area (Å²) < 4.78 is 0. The molecule has 0 saturated carbocycles. The number of hydrogen-bond donors (Lipinski definition) is 1. The number of guanidine groups is 1. The second-order valence-electron chi connectivity index (χ2n) is 7.95. The van der Waals surface area contributed by atoms with Crippen LogP contribution < -0.4 is 10.2 Å². The average Bonchev–Trinajstić information content (AvgIpc) is 2.71. The molecular weight excluding hydrogens is 350 g/mol. The highest BCUT2D eigenvalue weighted by molar-refractivity contribution is 5.84. The van der Waals surface area contributed by atoms with Crippen molar-refractivity contribution in [2.45, 2.75) is 52.1 Å². The summed E-state index contributed by atoms with van der Waals surface area (Å²) in [5, 5.41) is 3.44. The SMILES string of the molecule is CCC(C)NC(=NCC(=O)N(C)C)N(C)Cc1ccc(N2CCCCC2)cc1. The molecule has 1 aliphatic rings. The van der Waals surface area contributed by atoms with Gasteiger partial charge in [0.15, 0.2) is 5.96 Å². The average molecular weight is 388 g/mol. The first kappa shape index (κ1) is 22.1. The molecule has 156 valence electrons. The molecular formula is C22H37N5O. The number of aliphatic imine (C=N–C) groups is 1. The molecule has 1 amide bonds. The fourth-order valence-corrected chi connectivity index (χ4v) is 3.20. The molecule has 1 N–H and O–H groups in total. The fourth-order valence-electron chi connectivity index (χ4n) is 3.20. The van der Waals surface area contributed by atoms with Gasteiger partial charge in [0.25, 0.3) is 0 Å². The Morgan fingerprint density at radius 3 is 2.36 bits per heavy atom. The summed E-state index contributed by atoms with van der Waals surface area (Å²) in [6.45, 7) is 7.50. The van der Waals surface area contributed by atoms with E-state index in [2.05, 4.69) is 58.2 Å². The molecule has 1 aromatic carbocycles. The van der Waals surface area contributed by atoms with E-state index >= 15 is 0 Å². The van der Waals surface area contributed by atoms with Gasteiger partial charge in [-0.2, -0.15) is 0 Å². The maximum atomic E-state index is 11.9. The monoisotopic (exact) mass is 387 g/mol. The minimum atomic E-state index is 0.00253. The molecule has 6 nitrogen and oxygen atoms in total. The molecule has 6 heteroatoms. The van der Waals surface area contributed by atoms with Crippen LogP contribution in [0.1, 0.15) is 45.1 Å². The normalized spacial score (nSPS) is 15.9. The zero-order valence-electron chi connectivity index (χ0n) is 18.2. The number of nitrogens with one attached hydrogen (secondary N) is 1. The van der Waals surface area contributed by atoms with Crippen LogP contribution in [-0.4, -0.2) is 68.5 Å². The third kappa shape index (κ3) is 6.73. The lowest BCUT2D eigenvalue weighted by atomic mass is 10.1. The number of carbonyl (C=O) groups is 1. The van der Waals surface area contributed by atoms with E-state index in [-0.39, 0.29) is 12.5 Å². The van der Waals surface area contributed by atoms with Crippen molar-refractivity contribution in [2.75, 3.05) is 45.7 Å². The molecule has 1 aromatic rings. The van der Waals surface area contributed by atoms with Gasteiger partial charge >= 0.3 is 0 Å². The van der Waals surface area contributed by atoms with Crippen LogP contribution in [0.2, 0.25) is 0 Å². The second-order valence-corrected chi connectivity index (χ2v) is 7.95. The van der Waals surface area contributed by atoms with Crippen LogP contribution in [0.3, 0.4) is 0 Å². The van der Waals surface area contributed by atoms with Crippen LogP contribution in [0.4, 0.5) is 5.69 Å². The highest BCUT2D eigenvalue weighted by Crippen LogP contribution is 2.20. The van der Waals surface area contributed by atoms with Crippen LogP contribution >= 0.6 is 0 Å². The van der Waals surface area contributed by atoms with Crippen molar-refractivity contribution in [3.63, 3.8) is 0 Å². The summed E-state index contributed by atoms with van der Waals surface area (Å²) >= 11 is 0. The van der Waals surface area contributed by atoms with Crippen molar-refractivity contribution in [3.8, 4) is 0 Å². The van der Waals surface area contributed by atoms with Crippen LogP contribution in [0.25, 0.3) is 0 Å². The molecule has 0 bridgehead atoms.